The average molecular weight is 271 g/mol. The Labute approximate surface area is 113 Å². The number of hydrogen-bond donors (Lipinski definition) is 1. The molecule has 0 amide bonds. The summed E-state index contributed by atoms with van der Waals surface area (Å²) in [5, 5.41) is 20.7. The summed E-state index contributed by atoms with van der Waals surface area (Å²) in [5.41, 5.74) is 0.188. The number of para-hydroxylation sites is 2. The largest absolute Gasteiger partial charge is 0.504 e. The summed E-state index contributed by atoms with van der Waals surface area (Å²) in [6.07, 6.45) is 1.28. The molecule has 0 bridgehead atoms. The normalized spacial score (nSPS) is 12.7. The van der Waals surface area contributed by atoms with E-state index in [-0.39, 0.29) is 28.5 Å². The van der Waals surface area contributed by atoms with Gasteiger partial charge < -0.3 is 14.6 Å². The highest BCUT2D eigenvalue weighted by Gasteiger charge is 2.24. The number of fused-ring (bicyclic) bond motifs is 1. The Bertz CT molecular complexity index is 723. The van der Waals surface area contributed by atoms with Crippen LogP contribution in [0.2, 0.25) is 0 Å². The number of phenols is 1. The molecule has 2 aromatic rings. The van der Waals surface area contributed by atoms with Gasteiger partial charge in [0.1, 0.15) is 6.26 Å². The molecule has 0 spiro atoms. The van der Waals surface area contributed by atoms with Crippen molar-refractivity contribution in [2.75, 3.05) is 0 Å². The number of phenolic OH excluding ortho intramolecular Hbond substituents is 1. The van der Waals surface area contributed by atoms with Gasteiger partial charge in [-0.3, -0.25) is 10.1 Å². The Morgan fingerprint density at radius 3 is 2.70 bits per heavy atom. The maximum absolute atomic E-state index is 11.0. The molecule has 1 aliphatic rings. The third-order valence-electron chi connectivity index (χ3n) is 2.83. The fourth-order valence-corrected chi connectivity index (χ4v) is 1.91. The van der Waals surface area contributed by atoms with Gasteiger partial charge in [-0.2, -0.15) is 0 Å². The van der Waals surface area contributed by atoms with Crippen LogP contribution in [0.25, 0.3) is 5.76 Å². The molecular weight excluding hydrogens is 262 g/mol. The number of nitro groups is 1. The monoisotopic (exact) mass is 271 g/mol. The van der Waals surface area contributed by atoms with E-state index in [1.807, 2.05) is 0 Å². The van der Waals surface area contributed by atoms with E-state index in [1.165, 1.54) is 18.4 Å². The van der Waals surface area contributed by atoms with E-state index < -0.39 is 4.92 Å². The minimum absolute atomic E-state index is 0.0910. The van der Waals surface area contributed by atoms with Gasteiger partial charge >= 0.3 is 0 Å². The number of hydrogen-bond acceptors (Lipinski definition) is 5. The van der Waals surface area contributed by atoms with Crippen molar-refractivity contribution in [1.29, 1.82) is 0 Å². The second-order valence-corrected chi connectivity index (χ2v) is 4.08. The van der Waals surface area contributed by atoms with Crippen molar-refractivity contribution >= 4 is 11.4 Å². The average Bonchev–Trinajstić information content (AvgIpc) is 2.47. The van der Waals surface area contributed by atoms with Gasteiger partial charge in [-0.1, -0.05) is 18.2 Å². The smallest absolute Gasteiger partial charge is 0.280 e. The maximum atomic E-state index is 11.0. The first-order valence-electron chi connectivity index (χ1n) is 5.77. The first kappa shape index (κ1) is 12.0. The summed E-state index contributed by atoms with van der Waals surface area (Å²) in [6.45, 7) is 0. The molecule has 100 valence electrons. The van der Waals surface area contributed by atoms with Crippen LogP contribution < -0.4 is 9.47 Å². The van der Waals surface area contributed by atoms with E-state index in [2.05, 4.69) is 0 Å². The first-order valence-corrected chi connectivity index (χ1v) is 5.77. The van der Waals surface area contributed by atoms with Crippen molar-refractivity contribution in [3.05, 3.63) is 64.4 Å². The molecule has 1 heterocycles. The lowest BCUT2D eigenvalue weighted by atomic mass is 10.1. The number of nitro benzene ring substituents is 1. The fraction of sp³-hybridized carbons (Fsp3) is 0. The number of rotatable bonds is 2. The molecule has 6 heteroatoms. The number of ether oxygens (including phenoxy) is 2. The summed E-state index contributed by atoms with van der Waals surface area (Å²) in [5.74, 6) is 0.577. The lowest BCUT2D eigenvalue weighted by molar-refractivity contribution is -0.385. The molecule has 0 radical (unpaired) electrons. The highest BCUT2D eigenvalue weighted by atomic mass is 16.6. The first-order chi connectivity index (χ1) is 9.66. The van der Waals surface area contributed by atoms with Crippen molar-refractivity contribution in [3.8, 4) is 17.2 Å². The summed E-state index contributed by atoms with van der Waals surface area (Å²) >= 11 is 0. The highest BCUT2D eigenvalue weighted by Crippen LogP contribution is 2.42. The molecule has 20 heavy (non-hydrogen) atoms. The second kappa shape index (κ2) is 4.58. The van der Waals surface area contributed by atoms with E-state index in [0.717, 1.165) is 0 Å². The third-order valence-corrected chi connectivity index (χ3v) is 2.83. The van der Waals surface area contributed by atoms with Crippen molar-refractivity contribution in [3.63, 3.8) is 0 Å². The number of nitrogens with zero attached hydrogens (tertiary/aromatic N) is 1. The highest BCUT2D eigenvalue weighted by molar-refractivity contribution is 5.72. The molecule has 2 aromatic carbocycles. The van der Waals surface area contributed by atoms with Crippen molar-refractivity contribution < 1.29 is 19.5 Å². The molecule has 0 unspecified atom stereocenters. The fourth-order valence-electron chi connectivity index (χ4n) is 1.91. The summed E-state index contributed by atoms with van der Waals surface area (Å²) in [7, 11) is 0. The minimum Gasteiger partial charge on any atom is -0.504 e. The van der Waals surface area contributed by atoms with Crippen LogP contribution >= 0.6 is 0 Å². The Balaban J connectivity index is 2.04. The van der Waals surface area contributed by atoms with E-state index in [9.17, 15) is 15.2 Å². The second-order valence-electron chi connectivity index (χ2n) is 4.08. The van der Waals surface area contributed by atoms with Crippen LogP contribution in [0.4, 0.5) is 5.69 Å². The van der Waals surface area contributed by atoms with Crippen LogP contribution in [0.15, 0.2) is 48.7 Å². The van der Waals surface area contributed by atoms with Crippen molar-refractivity contribution in [2.45, 2.75) is 0 Å². The van der Waals surface area contributed by atoms with Gasteiger partial charge in [-0.15, -0.1) is 0 Å². The molecule has 0 fully saturated rings. The van der Waals surface area contributed by atoms with Gasteiger partial charge in [0.2, 0.25) is 5.75 Å². The quantitative estimate of drug-likeness (QED) is 0.670. The molecule has 1 aliphatic heterocycles. The topological polar surface area (TPSA) is 81.8 Å². The van der Waals surface area contributed by atoms with E-state index in [1.54, 1.807) is 30.3 Å². The Morgan fingerprint density at radius 1 is 1.10 bits per heavy atom. The predicted molar refractivity (Wildman–Crippen MR) is 70.4 cm³/mol. The van der Waals surface area contributed by atoms with Gasteiger partial charge in [0.25, 0.3) is 5.69 Å². The standard InChI is InChI=1S/C14H9NO5/c16-11-6-3-7-12-14(11)20-13(8-19-12)9-4-1-2-5-10(9)15(17)18/h1-8,16H. The Morgan fingerprint density at radius 2 is 1.90 bits per heavy atom. The van der Waals surface area contributed by atoms with E-state index in [4.69, 9.17) is 9.47 Å². The lowest BCUT2D eigenvalue weighted by Gasteiger charge is -2.18. The van der Waals surface area contributed by atoms with Gasteiger partial charge in [0.05, 0.1) is 10.5 Å². The predicted octanol–water partition coefficient (Wildman–Crippen LogP) is 3.07. The van der Waals surface area contributed by atoms with Crippen molar-refractivity contribution in [2.24, 2.45) is 0 Å². The molecule has 0 aromatic heterocycles. The molecular formula is C14H9NO5. The zero-order valence-corrected chi connectivity index (χ0v) is 10.1. The lowest BCUT2D eigenvalue weighted by Crippen LogP contribution is -2.06. The van der Waals surface area contributed by atoms with Crippen LogP contribution in [-0.4, -0.2) is 10.0 Å². The Kier molecular flexibility index (Phi) is 2.76. The molecule has 0 aliphatic carbocycles. The summed E-state index contributed by atoms with van der Waals surface area (Å²) < 4.78 is 10.9. The van der Waals surface area contributed by atoms with Crippen LogP contribution in [0.1, 0.15) is 5.56 Å². The molecule has 0 saturated heterocycles. The molecule has 1 N–H and O–H groups in total. The van der Waals surface area contributed by atoms with Crippen LogP contribution in [0.5, 0.6) is 17.2 Å². The maximum Gasteiger partial charge on any atom is 0.280 e. The van der Waals surface area contributed by atoms with Crippen LogP contribution in [-0.2, 0) is 0 Å². The molecule has 3 rings (SSSR count). The zero-order chi connectivity index (χ0) is 14.1. The van der Waals surface area contributed by atoms with E-state index in [0.29, 0.717) is 5.75 Å². The minimum atomic E-state index is -0.500. The van der Waals surface area contributed by atoms with Crippen molar-refractivity contribution in [1.82, 2.24) is 0 Å². The Hall–Kier alpha value is -3.02. The molecule has 0 atom stereocenters. The van der Waals surface area contributed by atoms with Gasteiger partial charge in [-0.05, 0) is 18.2 Å². The SMILES string of the molecule is O=[N+]([O-])c1ccccc1C1=COc2cccc(O)c2O1. The van der Waals surface area contributed by atoms with Gasteiger partial charge in [0.15, 0.2) is 17.3 Å². The van der Waals surface area contributed by atoms with Gasteiger partial charge in [-0.25, -0.2) is 0 Å². The summed E-state index contributed by atoms with van der Waals surface area (Å²) in [6, 6.07) is 10.8. The summed E-state index contributed by atoms with van der Waals surface area (Å²) in [4.78, 5) is 10.5. The number of aromatic hydroxyl groups is 1. The molecule has 6 nitrogen and oxygen atoms in total. The van der Waals surface area contributed by atoms with Crippen LogP contribution in [0.3, 0.4) is 0 Å². The van der Waals surface area contributed by atoms with Gasteiger partial charge in [0, 0.05) is 6.07 Å². The zero-order valence-electron chi connectivity index (χ0n) is 10.1. The van der Waals surface area contributed by atoms with Crippen LogP contribution in [0, 0.1) is 10.1 Å². The van der Waals surface area contributed by atoms with E-state index >= 15 is 0 Å². The number of benzene rings is 2. The molecule has 0 saturated carbocycles. The third kappa shape index (κ3) is 1.93.